The van der Waals surface area contributed by atoms with E-state index < -0.39 is 0 Å². The first-order chi connectivity index (χ1) is 14.1. The van der Waals surface area contributed by atoms with E-state index in [9.17, 15) is 9.59 Å². The van der Waals surface area contributed by atoms with Crippen LogP contribution in [-0.2, 0) is 19.1 Å². The highest BCUT2D eigenvalue weighted by Gasteiger charge is 2.74. The summed E-state index contributed by atoms with van der Waals surface area (Å²) in [6.07, 6.45) is 7.54. The topological polar surface area (TPSA) is 52.6 Å². The van der Waals surface area contributed by atoms with Crippen LogP contribution in [0.25, 0.3) is 0 Å². The van der Waals surface area contributed by atoms with Crippen LogP contribution < -0.4 is 0 Å². The number of rotatable bonds is 2. The Morgan fingerprint density at radius 2 is 1.70 bits per heavy atom. The molecule has 0 N–H and O–H groups in total. The molecule has 0 spiro atoms. The quantitative estimate of drug-likeness (QED) is 0.296. The third-order valence-corrected chi connectivity index (χ3v) is 14.6. The fraction of sp³-hybridized carbons (Fsp3) is 0.913. The summed E-state index contributed by atoms with van der Waals surface area (Å²) in [5.41, 5.74) is 0.275. The maximum Gasteiger partial charge on any atom is 0.302 e. The minimum atomic E-state index is -0.218. The van der Waals surface area contributed by atoms with Gasteiger partial charge in [0.25, 0.3) is 0 Å². The lowest BCUT2D eigenvalue weighted by molar-refractivity contribution is -0.162. The van der Waals surface area contributed by atoms with Gasteiger partial charge in [-0.15, -0.1) is 11.6 Å². The summed E-state index contributed by atoms with van der Waals surface area (Å²) in [4.78, 5) is 23.4. The lowest BCUT2D eigenvalue weighted by Crippen LogP contribution is -2.68. The van der Waals surface area contributed by atoms with Crippen LogP contribution in [0.15, 0.2) is 0 Å². The Kier molecular flexibility index (Phi) is 5.23. The molecule has 4 nitrogen and oxygen atoms in total. The monoisotopic (exact) mass is 472 g/mol. The molecule has 0 amide bonds. The van der Waals surface area contributed by atoms with E-state index in [0.717, 1.165) is 25.7 Å². The van der Waals surface area contributed by atoms with Gasteiger partial charge in [0, 0.05) is 29.9 Å². The lowest BCUT2D eigenvalue weighted by atomic mass is 9.44. The van der Waals surface area contributed by atoms with Crippen LogP contribution in [0.1, 0.15) is 72.6 Å². The van der Waals surface area contributed by atoms with Crippen LogP contribution in [0.2, 0.25) is 0 Å². The van der Waals surface area contributed by atoms with E-state index in [-0.39, 0.29) is 45.1 Å². The molecule has 1 saturated heterocycles. The van der Waals surface area contributed by atoms with Gasteiger partial charge in [0.1, 0.15) is 12.2 Å². The predicted octanol–water partition coefficient (Wildman–Crippen LogP) is 5.61. The standard InChI is InChI=1S/C23H33ClO4S2/c1-12(25)27-17-11-19-22(4)16-8-9-21(3)15(5-6-18(21)28-13(2)26)14(16)7-10-23(22,20(17)24)30-29-19/h14-20H,5-11H2,1-4H3/t14-,15-,16-,17+,18-,19-,20-,21-,22-,23+/m0/s1. The summed E-state index contributed by atoms with van der Waals surface area (Å²) in [5, 5.41) is 0.346. The molecule has 7 heteroatoms. The van der Waals surface area contributed by atoms with Crippen molar-refractivity contribution in [2.24, 2.45) is 28.6 Å². The Hall–Kier alpha value is -0.0700. The van der Waals surface area contributed by atoms with Gasteiger partial charge in [0.15, 0.2) is 0 Å². The average Bonchev–Trinajstić information content (AvgIpc) is 3.10. The van der Waals surface area contributed by atoms with E-state index in [1.165, 1.54) is 26.2 Å². The highest BCUT2D eigenvalue weighted by Crippen LogP contribution is 2.78. The van der Waals surface area contributed by atoms with E-state index in [1.807, 2.05) is 21.6 Å². The number of ether oxygens (including phenoxy) is 2. The Morgan fingerprint density at radius 1 is 0.967 bits per heavy atom. The number of fused-ring (bicyclic) bond motifs is 3. The molecule has 4 aliphatic carbocycles. The van der Waals surface area contributed by atoms with Crippen molar-refractivity contribution in [3.05, 3.63) is 0 Å². The number of carbonyl (C=O) groups is 2. The van der Waals surface area contributed by atoms with E-state index in [1.54, 1.807) is 6.92 Å². The molecule has 0 aromatic rings. The summed E-state index contributed by atoms with van der Waals surface area (Å²) >= 11 is 7.15. The Morgan fingerprint density at radius 3 is 2.40 bits per heavy atom. The summed E-state index contributed by atoms with van der Waals surface area (Å²) in [6.45, 7) is 7.92. The van der Waals surface area contributed by atoms with Gasteiger partial charge in [0.05, 0.1) is 10.1 Å². The van der Waals surface area contributed by atoms with Crippen molar-refractivity contribution in [2.75, 3.05) is 0 Å². The van der Waals surface area contributed by atoms with Crippen molar-refractivity contribution >= 4 is 45.1 Å². The molecule has 0 aromatic heterocycles. The third-order valence-electron chi connectivity index (χ3n) is 9.71. The zero-order chi connectivity index (χ0) is 21.5. The molecule has 5 aliphatic rings. The van der Waals surface area contributed by atoms with Gasteiger partial charge in [-0.25, -0.2) is 0 Å². The molecule has 5 rings (SSSR count). The SMILES string of the molecule is CC(=O)O[C@H]1CC[C@H]2[C@@H]3CC[C@@]45SS[C@@H](C[C@@H](OC(C)=O)[C@@H]4Cl)[C@]5(C)[C@H]3CC[C@]12C. The molecule has 0 radical (unpaired) electrons. The van der Waals surface area contributed by atoms with Crippen LogP contribution in [0.3, 0.4) is 0 Å². The molecule has 1 aliphatic heterocycles. The first kappa shape index (κ1) is 21.8. The van der Waals surface area contributed by atoms with Crippen molar-refractivity contribution in [3.8, 4) is 0 Å². The number of halogens is 1. The van der Waals surface area contributed by atoms with E-state index >= 15 is 0 Å². The summed E-state index contributed by atoms with van der Waals surface area (Å²) < 4.78 is 11.5. The number of hydrogen-bond acceptors (Lipinski definition) is 6. The van der Waals surface area contributed by atoms with Crippen molar-refractivity contribution in [3.63, 3.8) is 0 Å². The number of esters is 2. The van der Waals surface area contributed by atoms with Gasteiger partial charge in [-0.05, 0) is 62.7 Å². The second kappa shape index (κ2) is 7.21. The Balaban J connectivity index is 1.45. The van der Waals surface area contributed by atoms with Crippen LogP contribution in [0.4, 0.5) is 0 Å². The fourth-order valence-corrected chi connectivity index (χ4v) is 14.1. The van der Waals surface area contributed by atoms with Gasteiger partial charge in [0.2, 0.25) is 0 Å². The largest absolute Gasteiger partial charge is 0.462 e. The second-order valence-electron chi connectivity index (χ2n) is 10.8. The van der Waals surface area contributed by atoms with Crippen LogP contribution in [-0.4, -0.2) is 39.5 Å². The minimum Gasteiger partial charge on any atom is -0.462 e. The van der Waals surface area contributed by atoms with E-state index in [2.05, 4.69) is 13.8 Å². The minimum absolute atomic E-state index is 0.0228. The van der Waals surface area contributed by atoms with Gasteiger partial charge in [-0.1, -0.05) is 35.4 Å². The molecular weight excluding hydrogens is 440 g/mol. The third kappa shape index (κ3) is 2.74. The number of alkyl halides is 1. The first-order valence-electron chi connectivity index (χ1n) is 11.5. The Labute approximate surface area is 192 Å². The number of hydrogen-bond donors (Lipinski definition) is 0. The summed E-state index contributed by atoms with van der Waals surface area (Å²) in [5.74, 6) is 1.60. The molecule has 5 fully saturated rings. The number of carbonyl (C=O) groups excluding carboxylic acids is 2. The van der Waals surface area contributed by atoms with Gasteiger partial charge < -0.3 is 9.47 Å². The highest BCUT2D eigenvalue weighted by molar-refractivity contribution is 8.78. The zero-order valence-corrected chi connectivity index (χ0v) is 20.7. The molecule has 1 heterocycles. The van der Waals surface area contributed by atoms with Crippen molar-refractivity contribution in [1.82, 2.24) is 0 Å². The predicted molar refractivity (Wildman–Crippen MR) is 121 cm³/mol. The molecule has 30 heavy (non-hydrogen) atoms. The fourth-order valence-electron chi connectivity index (χ4n) is 8.35. The maximum absolute atomic E-state index is 11.7. The van der Waals surface area contributed by atoms with Crippen LogP contribution in [0, 0.1) is 28.6 Å². The molecule has 168 valence electrons. The molecule has 10 atom stereocenters. The average molecular weight is 473 g/mol. The summed E-state index contributed by atoms with van der Waals surface area (Å²) in [6, 6.07) is 0. The summed E-state index contributed by atoms with van der Waals surface area (Å²) in [7, 11) is 4.00. The van der Waals surface area contributed by atoms with Gasteiger partial charge in [-0.3, -0.25) is 9.59 Å². The molecule has 0 unspecified atom stereocenters. The molecular formula is C23H33ClO4S2. The lowest BCUT2D eigenvalue weighted by Gasteiger charge is -2.64. The highest BCUT2D eigenvalue weighted by atomic mass is 35.5. The van der Waals surface area contributed by atoms with Gasteiger partial charge >= 0.3 is 11.9 Å². The molecule has 0 aromatic carbocycles. The maximum atomic E-state index is 11.7. The Bertz CT molecular complexity index is 763. The smallest absolute Gasteiger partial charge is 0.302 e. The van der Waals surface area contributed by atoms with Crippen LogP contribution >= 0.6 is 33.2 Å². The first-order valence-corrected chi connectivity index (χ1v) is 14.1. The molecule has 4 saturated carbocycles. The molecule has 2 bridgehead atoms. The van der Waals surface area contributed by atoms with Crippen molar-refractivity contribution in [1.29, 1.82) is 0 Å². The normalized spacial score (nSPS) is 54.0. The van der Waals surface area contributed by atoms with Crippen LogP contribution in [0.5, 0.6) is 0 Å². The van der Waals surface area contributed by atoms with E-state index in [4.69, 9.17) is 21.1 Å². The van der Waals surface area contributed by atoms with Crippen molar-refractivity contribution < 1.29 is 19.1 Å². The van der Waals surface area contributed by atoms with Crippen molar-refractivity contribution in [2.45, 2.75) is 100 Å². The zero-order valence-electron chi connectivity index (χ0n) is 18.3. The van der Waals surface area contributed by atoms with E-state index in [0.29, 0.717) is 23.0 Å². The van der Waals surface area contributed by atoms with Gasteiger partial charge in [-0.2, -0.15) is 0 Å². The second-order valence-corrected chi connectivity index (χ2v) is 14.0.